The Labute approximate surface area is 125 Å². The van der Waals surface area contributed by atoms with Crippen molar-refractivity contribution in [1.82, 2.24) is 4.90 Å². The van der Waals surface area contributed by atoms with E-state index in [1.54, 1.807) is 0 Å². The van der Waals surface area contributed by atoms with E-state index in [1.165, 1.54) is 19.3 Å². The minimum Gasteiger partial charge on any atom is -0.369 e. The first-order chi connectivity index (χ1) is 9.63. The van der Waals surface area contributed by atoms with E-state index in [1.807, 2.05) is 24.3 Å². The zero-order chi connectivity index (χ0) is 14.1. The standard InChI is InChI=1S/C16H21ClN2O/c17-14-3-1-11(2-4-14)15(16(18)20)10-19-7-5-12-9-13(12)6-8-19/h1-4,12-13,15H,5-10H2,(H2,18,20)/t12?,13?,15-/m0/s1. The van der Waals surface area contributed by atoms with E-state index in [0.717, 1.165) is 37.0 Å². The fourth-order valence-electron chi connectivity index (χ4n) is 3.32. The van der Waals surface area contributed by atoms with E-state index in [9.17, 15) is 4.79 Å². The Morgan fingerprint density at radius 3 is 2.40 bits per heavy atom. The van der Waals surface area contributed by atoms with Gasteiger partial charge in [-0.3, -0.25) is 4.79 Å². The number of benzene rings is 1. The molecule has 108 valence electrons. The second-order valence-corrected chi connectivity index (χ2v) is 6.58. The van der Waals surface area contributed by atoms with Gasteiger partial charge < -0.3 is 10.6 Å². The van der Waals surface area contributed by atoms with Crippen LogP contribution in [0.15, 0.2) is 24.3 Å². The smallest absolute Gasteiger partial charge is 0.226 e. The van der Waals surface area contributed by atoms with Crippen LogP contribution >= 0.6 is 11.6 Å². The van der Waals surface area contributed by atoms with Gasteiger partial charge in [-0.05, 0) is 61.9 Å². The van der Waals surface area contributed by atoms with Gasteiger partial charge in [0.1, 0.15) is 0 Å². The van der Waals surface area contributed by atoms with E-state index in [0.29, 0.717) is 5.02 Å². The van der Waals surface area contributed by atoms with Crippen molar-refractivity contribution >= 4 is 17.5 Å². The molecule has 3 nitrogen and oxygen atoms in total. The second kappa shape index (κ2) is 5.74. The molecule has 1 saturated carbocycles. The lowest BCUT2D eigenvalue weighted by atomic mass is 9.97. The number of hydrogen-bond acceptors (Lipinski definition) is 2. The summed E-state index contributed by atoms with van der Waals surface area (Å²) in [6, 6.07) is 7.47. The van der Waals surface area contributed by atoms with Crippen LogP contribution < -0.4 is 5.73 Å². The van der Waals surface area contributed by atoms with Crippen molar-refractivity contribution in [2.75, 3.05) is 19.6 Å². The molecule has 1 aromatic carbocycles. The highest BCUT2D eigenvalue weighted by Gasteiger charge is 2.39. The predicted molar refractivity (Wildman–Crippen MR) is 80.7 cm³/mol. The SMILES string of the molecule is NC(=O)[C@@H](CN1CCC2CC2CC1)c1ccc(Cl)cc1. The summed E-state index contributed by atoms with van der Waals surface area (Å²) in [6.45, 7) is 2.92. The Morgan fingerprint density at radius 2 is 1.85 bits per heavy atom. The van der Waals surface area contributed by atoms with Gasteiger partial charge in [0.25, 0.3) is 0 Å². The van der Waals surface area contributed by atoms with Crippen molar-refractivity contribution in [1.29, 1.82) is 0 Å². The van der Waals surface area contributed by atoms with E-state index >= 15 is 0 Å². The lowest BCUT2D eigenvalue weighted by Crippen LogP contribution is -2.35. The number of hydrogen-bond donors (Lipinski definition) is 1. The van der Waals surface area contributed by atoms with Gasteiger partial charge in [0, 0.05) is 11.6 Å². The van der Waals surface area contributed by atoms with Crippen LogP contribution in [-0.4, -0.2) is 30.4 Å². The Morgan fingerprint density at radius 1 is 1.25 bits per heavy atom. The molecule has 1 aromatic rings. The molecule has 2 unspecified atom stereocenters. The number of nitrogens with two attached hydrogens (primary N) is 1. The van der Waals surface area contributed by atoms with Gasteiger partial charge in [-0.15, -0.1) is 0 Å². The summed E-state index contributed by atoms with van der Waals surface area (Å²) in [7, 11) is 0. The predicted octanol–water partition coefficient (Wildman–Crippen LogP) is 2.64. The van der Waals surface area contributed by atoms with E-state index in [-0.39, 0.29) is 11.8 Å². The summed E-state index contributed by atoms with van der Waals surface area (Å²) < 4.78 is 0. The van der Waals surface area contributed by atoms with Crippen LogP contribution in [0.25, 0.3) is 0 Å². The third kappa shape index (κ3) is 3.15. The topological polar surface area (TPSA) is 46.3 Å². The molecule has 3 rings (SSSR count). The molecule has 1 saturated heterocycles. The zero-order valence-electron chi connectivity index (χ0n) is 11.6. The van der Waals surface area contributed by atoms with Crippen LogP contribution in [0.5, 0.6) is 0 Å². The van der Waals surface area contributed by atoms with Crippen molar-refractivity contribution in [2.45, 2.75) is 25.2 Å². The van der Waals surface area contributed by atoms with E-state index in [4.69, 9.17) is 17.3 Å². The van der Waals surface area contributed by atoms with Crippen LogP contribution in [0.2, 0.25) is 5.02 Å². The zero-order valence-corrected chi connectivity index (χ0v) is 12.4. The van der Waals surface area contributed by atoms with Gasteiger partial charge in [-0.1, -0.05) is 23.7 Å². The molecule has 1 aliphatic heterocycles. The number of fused-ring (bicyclic) bond motifs is 1. The van der Waals surface area contributed by atoms with Crippen molar-refractivity contribution in [2.24, 2.45) is 17.6 Å². The summed E-state index contributed by atoms with van der Waals surface area (Å²) in [4.78, 5) is 14.2. The molecule has 1 heterocycles. The average molecular weight is 293 g/mol. The van der Waals surface area contributed by atoms with Crippen LogP contribution in [0.3, 0.4) is 0 Å². The first-order valence-electron chi connectivity index (χ1n) is 7.40. The molecule has 0 radical (unpaired) electrons. The van der Waals surface area contributed by atoms with Crippen LogP contribution in [0.4, 0.5) is 0 Å². The van der Waals surface area contributed by atoms with E-state index in [2.05, 4.69) is 4.90 Å². The first kappa shape index (κ1) is 13.9. The van der Waals surface area contributed by atoms with Crippen LogP contribution in [0.1, 0.15) is 30.7 Å². The van der Waals surface area contributed by atoms with Crippen molar-refractivity contribution in [3.8, 4) is 0 Å². The maximum Gasteiger partial charge on any atom is 0.226 e. The van der Waals surface area contributed by atoms with Crippen LogP contribution in [-0.2, 0) is 4.79 Å². The van der Waals surface area contributed by atoms with Gasteiger partial charge in [-0.2, -0.15) is 0 Å². The number of rotatable bonds is 4. The molecular weight excluding hydrogens is 272 g/mol. The first-order valence-corrected chi connectivity index (χ1v) is 7.78. The van der Waals surface area contributed by atoms with Gasteiger partial charge >= 0.3 is 0 Å². The summed E-state index contributed by atoms with van der Waals surface area (Å²) in [6.07, 6.45) is 3.97. The number of halogens is 1. The van der Waals surface area contributed by atoms with Crippen molar-refractivity contribution < 1.29 is 4.79 Å². The summed E-state index contributed by atoms with van der Waals surface area (Å²) in [5, 5.41) is 0.687. The second-order valence-electron chi connectivity index (χ2n) is 6.14. The molecule has 0 bridgehead atoms. The van der Waals surface area contributed by atoms with Gasteiger partial charge in [0.15, 0.2) is 0 Å². The molecule has 1 aliphatic carbocycles. The molecule has 2 aliphatic rings. The van der Waals surface area contributed by atoms with Gasteiger partial charge in [0.05, 0.1) is 5.92 Å². The van der Waals surface area contributed by atoms with Crippen molar-refractivity contribution in [3.63, 3.8) is 0 Å². The highest BCUT2D eigenvalue weighted by atomic mass is 35.5. The van der Waals surface area contributed by atoms with E-state index < -0.39 is 0 Å². The quantitative estimate of drug-likeness (QED) is 0.927. The van der Waals surface area contributed by atoms with Gasteiger partial charge in [0.2, 0.25) is 5.91 Å². The molecule has 4 heteroatoms. The molecule has 2 fully saturated rings. The number of nitrogens with zero attached hydrogens (tertiary/aromatic N) is 1. The number of likely N-dealkylation sites (tertiary alicyclic amines) is 1. The molecule has 1 amide bonds. The Balaban J connectivity index is 1.67. The fourth-order valence-corrected chi connectivity index (χ4v) is 3.45. The largest absolute Gasteiger partial charge is 0.369 e. The fraction of sp³-hybridized carbons (Fsp3) is 0.562. The Hall–Kier alpha value is -1.06. The molecule has 0 spiro atoms. The summed E-state index contributed by atoms with van der Waals surface area (Å²) in [5.41, 5.74) is 6.57. The average Bonchev–Trinajstić information content (AvgIpc) is 3.17. The third-order valence-electron chi connectivity index (χ3n) is 4.76. The summed E-state index contributed by atoms with van der Waals surface area (Å²) >= 11 is 5.90. The molecule has 0 aromatic heterocycles. The van der Waals surface area contributed by atoms with Gasteiger partial charge in [-0.25, -0.2) is 0 Å². The molecular formula is C16H21ClN2O. The maximum atomic E-state index is 11.8. The monoisotopic (exact) mass is 292 g/mol. The Kier molecular flexibility index (Phi) is 3.99. The van der Waals surface area contributed by atoms with Crippen molar-refractivity contribution in [3.05, 3.63) is 34.9 Å². The third-order valence-corrected chi connectivity index (χ3v) is 5.01. The Bertz CT molecular complexity index is 476. The minimum atomic E-state index is -0.248. The summed E-state index contributed by atoms with van der Waals surface area (Å²) in [5.74, 6) is 1.41. The molecule has 2 N–H and O–H groups in total. The highest BCUT2D eigenvalue weighted by Crippen LogP contribution is 2.45. The number of carbonyl (C=O) groups excluding carboxylic acids is 1. The minimum absolute atomic E-state index is 0.235. The molecule has 3 atom stereocenters. The number of amides is 1. The lowest BCUT2D eigenvalue weighted by molar-refractivity contribution is -0.119. The number of carbonyl (C=O) groups is 1. The van der Waals surface area contributed by atoms with Crippen LogP contribution in [0, 0.1) is 11.8 Å². The highest BCUT2D eigenvalue weighted by molar-refractivity contribution is 6.30. The normalized spacial score (nSPS) is 27.4. The molecule has 20 heavy (non-hydrogen) atoms. The lowest BCUT2D eigenvalue weighted by Gasteiger charge is -2.25. The number of primary amides is 1. The maximum absolute atomic E-state index is 11.8.